The first-order chi connectivity index (χ1) is 10.2. The molecular formula is C13H13N3O3S2. The number of thioether (sulfide) groups is 1. The molecule has 6 nitrogen and oxygen atoms in total. The molecule has 0 aliphatic carbocycles. The van der Waals surface area contributed by atoms with Gasteiger partial charge in [0.25, 0.3) is 0 Å². The number of benzene rings is 1. The second-order valence-electron chi connectivity index (χ2n) is 4.47. The molecule has 0 bridgehead atoms. The van der Waals surface area contributed by atoms with Gasteiger partial charge >= 0.3 is 0 Å². The zero-order chi connectivity index (χ0) is 14.8. The molecule has 0 atom stereocenters. The Kier molecular flexibility index (Phi) is 3.98. The number of nitrogens with one attached hydrogen (secondary N) is 1. The first-order valence-corrected chi connectivity index (χ1v) is 8.23. The molecule has 110 valence electrons. The molecule has 8 heteroatoms. The molecule has 2 amide bonds. The Morgan fingerprint density at radius 3 is 3.10 bits per heavy atom. The fraction of sp³-hybridized carbons (Fsp3) is 0.308. The predicted octanol–water partition coefficient (Wildman–Crippen LogP) is 1.78. The molecule has 1 aliphatic heterocycles. The van der Waals surface area contributed by atoms with Crippen LogP contribution in [0.5, 0.6) is 5.75 Å². The van der Waals surface area contributed by atoms with E-state index in [1.54, 1.807) is 7.11 Å². The number of hydrogen-bond donors (Lipinski definition) is 1. The van der Waals surface area contributed by atoms with Crippen LogP contribution in [0.1, 0.15) is 0 Å². The van der Waals surface area contributed by atoms with Gasteiger partial charge in [-0.25, -0.2) is 4.98 Å². The Labute approximate surface area is 129 Å². The number of fused-ring (bicyclic) bond motifs is 1. The molecule has 0 radical (unpaired) electrons. The minimum atomic E-state index is -0.225. The molecule has 2 heterocycles. The average molecular weight is 323 g/mol. The number of anilines is 1. The van der Waals surface area contributed by atoms with Crippen molar-refractivity contribution < 1.29 is 14.3 Å². The van der Waals surface area contributed by atoms with Gasteiger partial charge in [-0.05, 0) is 18.2 Å². The van der Waals surface area contributed by atoms with Crippen molar-refractivity contribution in [3.63, 3.8) is 0 Å². The number of methoxy groups -OCH3 is 1. The second-order valence-corrected chi connectivity index (χ2v) is 6.46. The van der Waals surface area contributed by atoms with Crippen LogP contribution in [0.2, 0.25) is 0 Å². The largest absolute Gasteiger partial charge is 0.497 e. The zero-order valence-corrected chi connectivity index (χ0v) is 12.9. The van der Waals surface area contributed by atoms with Gasteiger partial charge in [0.05, 0.1) is 29.0 Å². The minimum Gasteiger partial charge on any atom is -0.497 e. The van der Waals surface area contributed by atoms with E-state index in [9.17, 15) is 9.59 Å². The standard InChI is InChI=1S/C13H13N3O3S2/c1-19-8-2-3-9-10(4-8)21-13(14-9)15-11(17)5-16-7-20-6-12(16)18/h2-4H,5-7H2,1H3,(H,14,15,17). The Bertz CT molecular complexity index is 701. The van der Waals surface area contributed by atoms with Crippen molar-refractivity contribution in [3.05, 3.63) is 18.2 Å². The normalized spacial score (nSPS) is 14.7. The van der Waals surface area contributed by atoms with Crippen LogP contribution in [0.3, 0.4) is 0 Å². The van der Waals surface area contributed by atoms with Crippen LogP contribution < -0.4 is 10.1 Å². The van der Waals surface area contributed by atoms with E-state index < -0.39 is 0 Å². The minimum absolute atomic E-state index is 0.00388. The molecule has 1 aromatic carbocycles. The van der Waals surface area contributed by atoms with Crippen LogP contribution in [-0.4, -0.2) is 47.0 Å². The molecule has 1 aromatic heterocycles. The Morgan fingerprint density at radius 1 is 1.52 bits per heavy atom. The lowest BCUT2D eigenvalue weighted by atomic mass is 10.3. The average Bonchev–Trinajstić information content (AvgIpc) is 3.04. The summed E-state index contributed by atoms with van der Waals surface area (Å²) in [5, 5.41) is 3.27. The van der Waals surface area contributed by atoms with E-state index in [1.165, 1.54) is 28.0 Å². The highest BCUT2D eigenvalue weighted by atomic mass is 32.2. The maximum Gasteiger partial charge on any atom is 0.245 e. The zero-order valence-electron chi connectivity index (χ0n) is 11.3. The first kappa shape index (κ1) is 14.2. The maximum atomic E-state index is 11.9. The number of ether oxygens (including phenoxy) is 1. The molecule has 1 aliphatic rings. The van der Waals surface area contributed by atoms with Crippen LogP contribution in [0.25, 0.3) is 10.2 Å². The van der Waals surface area contributed by atoms with E-state index in [4.69, 9.17) is 4.74 Å². The van der Waals surface area contributed by atoms with E-state index in [2.05, 4.69) is 10.3 Å². The highest BCUT2D eigenvalue weighted by molar-refractivity contribution is 8.00. The molecule has 0 saturated carbocycles. The van der Waals surface area contributed by atoms with Crippen molar-refractivity contribution in [2.24, 2.45) is 0 Å². The first-order valence-electron chi connectivity index (χ1n) is 6.25. The van der Waals surface area contributed by atoms with E-state index in [1.807, 2.05) is 18.2 Å². The van der Waals surface area contributed by atoms with Crippen LogP contribution >= 0.6 is 23.1 Å². The maximum absolute atomic E-state index is 11.9. The van der Waals surface area contributed by atoms with Crippen molar-refractivity contribution in [2.45, 2.75) is 0 Å². The van der Waals surface area contributed by atoms with Crippen molar-refractivity contribution in [2.75, 3.05) is 30.6 Å². The van der Waals surface area contributed by atoms with Gasteiger partial charge in [0.15, 0.2) is 5.13 Å². The van der Waals surface area contributed by atoms with E-state index in [0.29, 0.717) is 16.8 Å². The summed E-state index contributed by atoms with van der Waals surface area (Å²) in [5.74, 6) is 1.56. The number of carbonyl (C=O) groups is 2. The number of amides is 2. The lowest BCUT2D eigenvalue weighted by Crippen LogP contribution is -2.34. The van der Waals surface area contributed by atoms with E-state index in [-0.39, 0.29) is 18.4 Å². The highest BCUT2D eigenvalue weighted by Gasteiger charge is 2.23. The molecule has 1 saturated heterocycles. The van der Waals surface area contributed by atoms with Gasteiger partial charge in [0.1, 0.15) is 12.3 Å². The summed E-state index contributed by atoms with van der Waals surface area (Å²) < 4.78 is 6.10. The fourth-order valence-electron chi connectivity index (χ4n) is 1.96. The van der Waals surface area contributed by atoms with Crippen LogP contribution in [-0.2, 0) is 9.59 Å². The third-order valence-electron chi connectivity index (χ3n) is 3.00. The summed E-state index contributed by atoms with van der Waals surface area (Å²) >= 11 is 2.90. The number of aromatic nitrogens is 1. The molecule has 2 aromatic rings. The Morgan fingerprint density at radius 2 is 2.38 bits per heavy atom. The van der Waals surface area contributed by atoms with E-state index >= 15 is 0 Å². The lowest BCUT2D eigenvalue weighted by Gasteiger charge is -2.12. The molecule has 0 unspecified atom stereocenters. The number of carbonyl (C=O) groups excluding carboxylic acids is 2. The summed E-state index contributed by atoms with van der Waals surface area (Å²) in [6.45, 7) is 0.0745. The highest BCUT2D eigenvalue weighted by Crippen LogP contribution is 2.29. The number of thiazole rings is 1. The number of rotatable bonds is 4. The van der Waals surface area contributed by atoms with Gasteiger partial charge in [-0.15, -0.1) is 11.8 Å². The topological polar surface area (TPSA) is 71.5 Å². The molecule has 1 fully saturated rings. The van der Waals surface area contributed by atoms with Gasteiger partial charge in [0.2, 0.25) is 11.8 Å². The lowest BCUT2D eigenvalue weighted by molar-refractivity contribution is -0.130. The van der Waals surface area contributed by atoms with Crippen LogP contribution in [0.15, 0.2) is 18.2 Å². The smallest absolute Gasteiger partial charge is 0.245 e. The van der Waals surface area contributed by atoms with Crippen molar-refractivity contribution in [1.82, 2.24) is 9.88 Å². The number of nitrogens with zero attached hydrogens (tertiary/aromatic N) is 2. The quantitative estimate of drug-likeness (QED) is 0.928. The van der Waals surface area contributed by atoms with E-state index in [0.717, 1.165) is 16.0 Å². The van der Waals surface area contributed by atoms with Crippen LogP contribution in [0.4, 0.5) is 5.13 Å². The Hall–Kier alpha value is -1.80. The van der Waals surface area contributed by atoms with Crippen molar-refractivity contribution in [3.8, 4) is 5.75 Å². The third kappa shape index (κ3) is 3.11. The summed E-state index contributed by atoms with van der Waals surface area (Å²) in [6.07, 6.45) is 0. The van der Waals surface area contributed by atoms with Crippen molar-refractivity contribution >= 4 is 50.3 Å². The van der Waals surface area contributed by atoms with Gasteiger partial charge < -0.3 is 15.0 Å². The van der Waals surface area contributed by atoms with Crippen molar-refractivity contribution in [1.29, 1.82) is 0 Å². The van der Waals surface area contributed by atoms with Gasteiger partial charge in [-0.1, -0.05) is 11.3 Å². The van der Waals surface area contributed by atoms with Gasteiger partial charge in [-0.2, -0.15) is 0 Å². The fourth-order valence-corrected chi connectivity index (χ4v) is 3.77. The molecule has 3 rings (SSSR count). The predicted molar refractivity (Wildman–Crippen MR) is 83.8 cm³/mol. The number of hydrogen-bond acceptors (Lipinski definition) is 6. The molecular weight excluding hydrogens is 310 g/mol. The second kappa shape index (κ2) is 5.90. The van der Waals surface area contributed by atoms with Gasteiger partial charge in [0, 0.05) is 0 Å². The van der Waals surface area contributed by atoms with Crippen LogP contribution in [0, 0.1) is 0 Å². The summed E-state index contributed by atoms with van der Waals surface area (Å²) in [5.41, 5.74) is 0.809. The summed E-state index contributed by atoms with van der Waals surface area (Å²) in [4.78, 5) is 29.3. The summed E-state index contributed by atoms with van der Waals surface area (Å²) in [7, 11) is 1.61. The third-order valence-corrected chi connectivity index (χ3v) is 4.88. The molecule has 21 heavy (non-hydrogen) atoms. The monoisotopic (exact) mass is 323 g/mol. The molecule has 1 N–H and O–H groups in total. The van der Waals surface area contributed by atoms with Gasteiger partial charge in [-0.3, -0.25) is 9.59 Å². The SMILES string of the molecule is COc1ccc2nc(NC(=O)CN3CSCC3=O)sc2c1. The Balaban J connectivity index is 1.69. The molecule has 0 spiro atoms. The summed E-state index contributed by atoms with van der Waals surface area (Å²) in [6, 6.07) is 5.55.